The Hall–Kier alpha value is -1.58. The molecule has 0 unspecified atom stereocenters. The Kier molecular flexibility index (Phi) is 3.06. The van der Waals surface area contributed by atoms with Gasteiger partial charge in [-0.05, 0) is 26.0 Å². The molecule has 0 atom stereocenters. The number of hydrogen-bond donors (Lipinski definition) is 2. The molecular weight excluding hydrogens is 180 g/mol. The standard InChI is InChI=1S/C10H14N2O2/c1-6(2)11-10(14)9-5-4-8(12-9)7(3)13/h4-6,12H,1-3H3,(H,11,14). The zero-order valence-electron chi connectivity index (χ0n) is 8.55. The Morgan fingerprint density at radius 2 is 1.86 bits per heavy atom. The van der Waals surface area contributed by atoms with E-state index in [1.165, 1.54) is 6.92 Å². The highest BCUT2D eigenvalue weighted by atomic mass is 16.2. The highest BCUT2D eigenvalue weighted by molar-refractivity contribution is 5.97. The first kappa shape index (κ1) is 10.5. The van der Waals surface area contributed by atoms with Crippen LogP contribution >= 0.6 is 0 Å². The first-order valence-electron chi connectivity index (χ1n) is 4.51. The Morgan fingerprint density at radius 1 is 1.29 bits per heavy atom. The summed E-state index contributed by atoms with van der Waals surface area (Å²) in [5.74, 6) is -0.263. The van der Waals surface area contributed by atoms with Crippen LogP contribution in [0.25, 0.3) is 0 Å². The van der Waals surface area contributed by atoms with Crippen molar-refractivity contribution in [3.8, 4) is 0 Å². The lowest BCUT2D eigenvalue weighted by Crippen LogP contribution is -2.30. The van der Waals surface area contributed by atoms with E-state index < -0.39 is 0 Å². The quantitative estimate of drug-likeness (QED) is 0.713. The topological polar surface area (TPSA) is 62.0 Å². The first-order valence-corrected chi connectivity index (χ1v) is 4.51. The Bertz CT molecular complexity index is 353. The van der Waals surface area contributed by atoms with Crippen molar-refractivity contribution in [2.24, 2.45) is 0 Å². The van der Waals surface area contributed by atoms with Crippen LogP contribution in [0.3, 0.4) is 0 Å². The normalized spacial score (nSPS) is 10.3. The Labute approximate surface area is 82.7 Å². The van der Waals surface area contributed by atoms with Crippen LogP contribution in [-0.2, 0) is 0 Å². The third kappa shape index (κ3) is 2.45. The summed E-state index contributed by atoms with van der Waals surface area (Å²) in [5, 5.41) is 2.73. The molecule has 0 bridgehead atoms. The molecule has 1 aromatic rings. The summed E-state index contributed by atoms with van der Waals surface area (Å²) in [6, 6.07) is 3.30. The maximum Gasteiger partial charge on any atom is 0.267 e. The van der Waals surface area contributed by atoms with Crippen LogP contribution in [0.4, 0.5) is 0 Å². The van der Waals surface area contributed by atoms with Gasteiger partial charge in [-0.2, -0.15) is 0 Å². The second kappa shape index (κ2) is 4.09. The van der Waals surface area contributed by atoms with E-state index in [2.05, 4.69) is 10.3 Å². The van der Waals surface area contributed by atoms with Crippen LogP contribution < -0.4 is 5.32 Å². The van der Waals surface area contributed by atoms with Gasteiger partial charge < -0.3 is 10.3 Å². The largest absolute Gasteiger partial charge is 0.349 e. The molecule has 1 amide bonds. The number of nitrogens with one attached hydrogen (secondary N) is 2. The number of Topliss-reactive ketones (excluding diaryl/α,β-unsaturated/α-hetero) is 1. The number of aromatic amines is 1. The van der Waals surface area contributed by atoms with Gasteiger partial charge in [0.05, 0.1) is 5.69 Å². The molecule has 0 aliphatic rings. The first-order chi connectivity index (χ1) is 6.50. The van der Waals surface area contributed by atoms with E-state index in [4.69, 9.17) is 0 Å². The van der Waals surface area contributed by atoms with E-state index in [9.17, 15) is 9.59 Å². The molecular formula is C10H14N2O2. The summed E-state index contributed by atoms with van der Waals surface area (Å²) in [6.45, 7) is 5.22. The molecule has 14 heavy (non-hydrogen) atoms. The van der Waals surface area contributed by atoms with Crippen molar-refractivity contribution < 1.29 is 9.59 Å². The smallest absolute Gasteiger partial charge is 0.267 e. The van der Waals surface area contributed by atoms with Crippen molar-refractivity contribution in [2.45, 2.75) is 26.8 Å². The van der Waals surface area contributed by atoms with Crippen molar-refractivity contribution in [3.63, 3.8) is 0 Å². The maximum absolute atomic E-state index is 11.4. The van der Waals surface area contributed by atoms with E-state index in [1.54, 1.807) is 12.1 Å². The van der Waals surface area contributed by atoms with Gasteiger partial charge in [-0.3, -0.25) is 9.59 Å². The molecule has 1 heterocycles. The van der Waals surface area contributed by atoms with E-state index in [0.717, 1.165) is 0 Å². The average molecular weight is 194 g/mol. The highest BCUT2D eigenvalue weighted by Crippen LogP contribution is 2.02. The average Bonchev–Trinajstić information content (AvgIpc) is 2.50. The zero-order valence-corrected chi connectivity index (χ0v) is 8.55. The molecule has 4 heteroatoms. The fourth-order valence-corrected chi connectivity index (χ4v) is 1.07. The lowest BCUT2D eigenvalue weighted by molar-refractivity contribution is 0.0938. The number of ketones is 1. The molecule has 0 radical (unpaired) electrons. The molecule has 0 aliphatic carbocycles. The van der Waals surface area contributed by atoms with Crippen molar-refractivity contribution in [2.75, 3.05) is 0 Å². The molecule has 0 aromatic carbocycles. The minimum absolute atomic E-state index is 0.0754. The molecule has 0 saturated heterocycles. The number of aromatic nitrogens is 1. The van der Waals surface area contributed by atoms with Gasteiger partial charge in [-0.15, -0.1) is 0 Å². The minimum atomic E-state index is -0.187. The lowest BCUT2D eigenvalue weighted by Gasteiger charge is -2.05. The molecule has 0 aliphatic heterocycles. The number of hydrogen-bond acceptors (Lipinski definition) is 2. The number of rotatable bonds is 3. The van der Waals surface area contributed by atoms with Crippen molar-refractivity contribution in [1.82, 2.24) is 10.3 Å². The predicted octanol–water partition coefficient (Wildman–Crippen LogP) is 1.36. The van der Waals surface area contributed by atoms with Crippen LogP contribution in [0.1, 0.15) is 41.7 Å². The molecule has 4 nitrogen and oxygen atoms in total. The monoisotopic (exact) mass is 194 g/mol. The fraction of sp³-hybridized carbons (Fsp3) is 0.400. The summed E-state index contributed by atoms with van der Waals surface area (Å²) in [6.07, 6.45) is 0. The van der Waals surface area contributed by atoms with E-state index >= 15 is 0 Å². The number of carbonyl (C=O) groups is 2. The van der Waals surface area contributed by atoms with Gasteiger partial charge >= 0.3 is 0 Å². The Balaban J connectivity index is 2.76. The van der Waals surface area contributed by atoms with E-state index in [-0.39, 0.29) is 17.7 Å². The Morgan fingerprint density at radius 3 is 2.29 bits per heavy atom. The molecule has 0 saturated carbocycles. The summed E-state index contributed by atoms with van der Waals surface area (Å²) < 4.78 is 0. The van der Waals surface area contributed by atoms with E-state index in [0.29, 0.717) is 11.4 Å². The van der Waals surface area contributed by atoms with Crippen LogP contribution in [0, 0.1) is 0 Å². The molecule has 76 valence electrons. The van der Waals surface area contributed by atoms with Crippen LogP contribution in [0.2, 0.25) is 0 Å². The van der Waals surface area contributed by atoms with E-state index in [1.807, 2.05) is 13.8 Å². The maximum atomic E-state index is 11.4. The van der Waals surface area contributed by atoms with Crippen LogP contribution in [0.15, 0.2) is 12.1 Å². The zero-order chi connectivity index (χ0) is 10.7. The summed E-state index contributed by atoms with van der Waals surface area (Å²) in [7, 11) is 0. The lowest BCUT2D eigenvalue weighted by atomic mass is 10.3. The molecule has 0 spiro atoms. The third-order valence-corrected chi connectivity index (χ3v) is 1.73. The van der Waals surface area contributed by atoms with Crippen LogP contribution in [0.5, 0.6) is 0 Å². The number of carbonyl (C=O) groups excluding carboxylic acids is 2. The second-order valence-corrected chi connectivity index (χ2v) is 3.47. The third-order valence-electron chi connectivity index (χ3n) is 1.73. The highest BCUT2D eigenvalue weighted by Gasteiger charge is 2.10. The van der Waals surface area contributed by atoms with Gasteiger partial charge in [0.1, 0.15) is 5.69 Å². The second-order valence-electron chi connectivity index (χ2n) is 3.47. The summed E-state index contributed by atoms with van der Waals surface area (Å²) in [4.78, 5) is 25.1. The van der Waals surface area contributed by atoms with Crippen molar-refractivity contribution in [3.05, 3.63) is 23.5 Å². The molecule has 1 aromatic heterocycles. The minimum Gasteiger partial charge on any atom is -0.349 e. The van der Waals surface area contributed by atoms with Crippen molar-refractivity contribution in [1.29, 1.82) is 0 Å². The van der Waals surface area contributed by atoms with Gasteiger partial charge in [0.15, 0.2) is 5.78 Å². The van der Waals surface area contributed by atoms with Crippen LogP contribution in [-0.4, -0.2) is 22.7 Å². The van der Waals surface area contributed by atoms with Gasteiger partial charge in [0.2, 0.25) is 0 Å². The van der Waals surface area contributed by atoms with Gasteiger partial charge in [0.25, 0.3) is 5.91 Å². The van der Waals surface area contributed by atoms with Gasteiger partial charge in [-0.25, -0.2) is 0 Å². The summed E-state index contributed by atoms with van der Waals surface area (Å²) in [5.41, 5.74) is 0.878. The number of H-pyrrole nitrogens is 1. The molecule has 1 rings (SSSR count). The fourth-order valence-electron chi connectivity index (χ4n) is 1.07. The molecule has 2 N–H and O–H groups in total. The number of amides is 1. The summed E-state index contributed by atoms with van der Waals surface area (Å²) >= 11 is 0. The van der Waals surface area contributed by atoms with Gasteiger partial charge in [-0.1, -0.05) is 0 Å². The predicted molar refractivity (Wildman–Crippen MR) is 53.4 cm³/mol. The SMILES string of the molecule is CC(=O)c1ccc(C(=O)NC(C)C)[nH]1. The van der Waals surface area contributed by atoms with Gasteiger partial charge in [0, 0.05) is 13.0 Å². The molecule has 0 fully saturated rings. The van der Waals surface area contributed by atoms with Crippen molar-refractivity contribution >= 4 is 11.7 Å².